The molecule has 0 fully saturated rings. The SMILES string of the molecule is CN1Cc2c(O)cccc2[C@@H](O)C1. The first-order valence-electron chi connectivity index (χ1n) is 4.36. The van der Waals surface area contributed by atoms with Crippen LogP contribution in [0.1, 0.15) is 17.2 Å². The topological polar surface area (TPSA) is 43.7 Å². The highest BCUT2D eigenvalue weighted by Gasteiger charge is 2.22. The fourth-order valence-corrected chi connectivity index (χ4v) is 1.80. The van der Waals surface area contributed by atoms with Gasteiger partial charge < -0.3 is 10.2 Å². The van der Waals surface area contributed by atoms with Gasteiger partial charge in [0.2, 0.25) is 0 Å². The minimum absolute atomic E-state index is 0.281. The van der Waals surface area contributed by atoms with Gasteiger partial charge in [0.15, 0.2) is 0 Å². The first-order chi connectivity index (χ1) is 6.18. The predicted octanol–water partition coefficient (Wildman–Crippen LogP) is 0.871. The van der Waals surface area contributed by atoms with E-state index in [1.807, 2.05) is 18.0 Å². The number of hydrogen-bond acceptors (Lipinski definition) is 3. The summed E-state index contributed by atoms with van der Waals surface area (Å²) in [6, 6.07) is 5.29. The van der Waals surface area contributed by atoms with Crippen molar-refractivity contribution in [3.05, 3.63) is 29.3 Å². The second-order valence-corrected chi connectivity index (χ2v) is 3.56. The van der Waals surface area contributed by atoms with Gasteiger partial charge in [-0.3, -0.25) is 4.90 Å². The number of likely N-dealkylation sites (N-methyl/N-ethyl adjacent to an activating group) is 1. The minimum atomic E-state index is -0.471. The lowest BCUT2D eigenvalue weighted by Crippen LogP contribution is -2.30. The molecule has 2 N–H and O–H groups in total. The Bertz CT molecular complexity index is 325. The van der Waals surface area contributed by atoms with Crippen LogP contribution in [-0.4, -0.2) is 28.7 Å². The Morgan fingerprint density at radius 2 is 2.23 bits per heavy atom. The zero-order chi connectivity index (χ0) is 9.42. The van der Waals surface area contributed by atoms with Crippen molar-refractivity contribution in [1.82, 2.24) is 4.90 Å². The van der Waals surface area contributed by atoms with Crippen LogP contribution < -0.4 is 0 Å². The summed E-state index contributed by atoms with van der Waals surface area (Å²) >= 11 is 0. The van der Waals surface area contributed by atoms with Gasteiger partial charge in [0.25, 0.3) is 0 Å². The van der Waals surface area contributed by atoms with Gasteiger partial charge in [-0.05, 0) is 18.7 Å². The van der Waals surface area contributed by atoms with E-state index in [-0.39, 0.29) is 5.75 Å². The van der Waals surface area contributed by atoms with Crippen LogP contribution in [0.25, 0.3) is 0 Å². The summed E-state index contributed by atoms with van der Waals surface area (Å²) in [5, 5.41) is 19.3. The third-order valence-corrected chi connectivity index (χ3v) is 2.46. The van der Waals surface area contributed by atoms with E-state index in [0.717, 1.165) is 11.1 Å². The number of hydrogen-bond donors (Lipinski definition) is 2. The lowest BCUT2D eigenvalue weighted by molar-refractivity contribution is 0.106. The minimum Gasteiger partial charge on any atom is -0.508 e. The number of rotatable bonds is 0. The Labute approximate surface area is 77.2 Å². The van der Waals surface area contributed by atoms with E-state index in [4.69, 9.17) is 0 Å². The van der Waals surface area contributed by atoms with Crippen LogP contribution in [0.3, 0.4) is 0 Å². The second-order valence-electron chi connectivity index (χ2n) is 3.56. The molecule has 0 saturated carbocycles. The molecule has 1 aliphatic rings. The summed E-state index contributed by atoms with van der Waals surface area (Å²) in [6.07, 6.45) is -0.471. The van der Waals surface area contributed by atoms with Crippen molar-refractivity contribution >= 4 is 0 Å². The van der Waals surface area contributed by atoms with E-state index in [2.05, 4.69) is 0 Å². The molecule has 0 unspecified atom stereocenters. The monoisotopic (exact) mass is 179 g/mol. The largest absolute Gasteiger partial charge is 0.508 e. The lowest BCUT2D eigenvalue weighted by atomic mass is 9.97. The van der Waals surface area contributed by atoms with Gasteiger partial charge in [-0.25, -0.2) is 0 Å². The van der Waals surface area contributed by atoms with Crippen LogP contribution in [0.2, 0.25) is 0 Å². The van der Waals surface area contributed by atoms with E-state index >= 15 is 0 Å². The molecule has 1 atom stereocenters. The lowest BCUT2D eigenvalue weighted by Gasteiger charge is -2.29. The molecule has 1 heterocycles. The highest BCUT2D eigenvalue weighted by Crippen LogP contribution is 2.31. The number of benzene rings is 1. The van der Waals surface area contributed by atoms with Crippen LogP contribution in [0.5, 0.6) is 5.75 Å². The summed E-state index contributed by atoms with van der Waals surface area (Å²) in [4.78, 5) is 1.99. The van der Waals surface area contributed by atoms with Crippen molar-refractivity contribution in [1.29, 1.82) is 0 Å². The van der Waals surface area contributed by atoms with Crippen molar-refractivity contribution in [2.24, 2.45) is 0 Å². The second kappa shape index (κ2) is 3.01. The summed E-state index contributed by atoms with van der Waals surface area (Å²) in [5.41, 5.74) is 1.71. The van der Waals surface area contributed by atoms with Crippen LogP contribution in [0.4, 0.5) is 0 Å². The molecule has 0 amide bonds. The Kier molecular flexibility index (Phi) is 1.98. The molecule has 1 aliphatic heterocycles. The average molecular weight is 179 g/mol. The first-order valence-corrected chi connectivity index (χ1v) is 4.36. The van der Waals surface area contributed by atoms with E-state index in [1.165, 1.54) is 0 Å². The molecular weight excluding hydrogens is 166 g/mol. The van der Waals surface area contributed by atoms with E-state index < -0.39 is 6.10 Å². The number of aliphatic hydroxyl groups excluding tert-OH is 1. The fraction of sp³-hybridized carbons (Fsp3) is 0.400. The van der Waals surface area contributed by atoms with E-state index in [9.17, 15) is 10.2 Å². The van der Waals surface area contributed by atoms with Gasteiger partial charge in [-0.15, -0.1) is 0 Å². The zero-order valence-electron chi connectivity index (χ0n) is 7.57. The van der Waals surface area contributed by atoms with Gasteiger partial charge in [0, 0.05) is 18.7 Å². The van der Waals surface area contributed by atoms with Crippen molar-refractivity contribution in [3.63, 3.8) is 0 Å². The smallest absolute Gasteiger partial charge is 0.120 e. The molecule has 0 saturated heterocycles. The third kappa shape index (κ3) is 1.41. The number of phenols is 1. The Morgan fingerprint density at radius 1 is 1.46 bits per heavy atom. The van der Waals surface area contributed by atoms with Crippen molar-refractivity contribution < 1.29 is 10.2 Å². The molecule has 0 aromatic heterocycles. The van der Waals surface area contributed by atoms with Crippen LogP contribution >= 0.6 is 0 Å². The van der Waals surface area contributed by atoms with E-state index in [0.29, 0.717) is 13.1 Å². The summed E-state index contributed by atoms with van der Waals surface area (Å²) in [7, 11) is 1.93. The number of aliphatic hydroxyl groups is 1. The summed E-state index contributed by atoms with van der Waals surface area (Å²) < 4.78 is 0. The molecule has 1 aromatic carbocycles. The van der Waals surface area contributed by atoms with Gasteiger partial charge in [-0.2, -0.15) is 0 Å². The number of fused-ring (bicyclic) bond motifs is 1. The standard InChI is InChI=1S/C10H13NO2/c1-11-5-8-7(10(13)6-11)3-2-4-9(8)12/h2-4,10,12-13H,5-6H2,1H3/t10-/m0/s1. The number of nitrogens with zero attached hydrogens (tertiary/aromatic N) is 1. The van der Waals surface area contributed by atoms with E-state index in [1.54, 1.807) is 12.1 Å². The molecule has 3 heteroatoms. The maximum atomic E-state index is 9.70. The Hall–Kier alpha value is -1.06. The molecule has 1 aromatic rings. The Morgan fingerprint density at radius 3 is 3.00 bits per heavy atom. The van der Waals surface area contributed by atoms with Crippen molar-refractivity contribution in [2.45, 2.75) is 12.6 Å². The highest BCUT2D eigenvalue weighted by molar-refractivity contribution is 5.41. The first kappa shape index (κ1) is 8.53. The third-order valence-electron chi connectivity index (χ3n) is 2.46. The van der Waals surface area contributed by atoms with Crippen LogP contribution in [0.15, 0.2) is 18.2 Å². The molecule has 0 bridgehead atoms. The average Bonchev–Trinajstić information content (AvgIpc) is 2.07. The highest BCUT2D eigenvalue weighted by atomic mass is 16.3. The maximum absolute atomic E-state index is 9.70. The summed E-state index contributed by atoms with van der Waals surface area (Å²) in [5.74, 6) is 0.281. The molecule has 70 valence electrons. The summed E-state index contributed by atoms with van der Waals surface area (Å²) in [6.45, 7) is 1.34. The molecule has 0 spiro atoms. The number of phenolic OH excluding ortho intramolecular Hbond substituents is 1. The molecule has 2 rings (SSSR count). The fourth-order valence-electron chi connectivity index (χ4n) is 1.80. The number of β-amino-alcohol motifs (C(OH)–C–C–N with tert-alkyl or cyclic N) is 1. The quantitative estimate of drug-likeness (QED) is 0.621. The van der Waals surface area contributed by atoms with Crippen molar-refractivity contribution in [3.8, 4) is 5.75 Å². The Balaban J connectivity index is 2.49. The van der Waals surface area contributed by atoms with Crippen LogP contribution in [-0.2, 0) is 6.54 Å². The zero-order valence-corrected chi connectivity index (χ0v) is 7.57. The molecular formula is C10H13NO2. The maximum Gasteiger partial charge on any atom is 0.120 e. The van der Waals surface area contributed by atoms with Crippen molar-refractivity contribution in [2.75, 3.05) is 13.6 Å². The van der Waals surface area contributed by atoms with Gasteiger partial charge in [-0.1, -0.05) is 12.1 Å². The molecule has 3 nitrogen and oxygen atoms in total. The predicted molar refractivity (Wildman–Crippen MR) is 49.4 cm³/mol. The molecule has 0 aliphatic carbocycles. The van der Waals surface area contributed by atoms with Gasteiger partial charge in [0.05, 0.1) is 6.10 Å². The number of aromatic hydroxyl groups is 1. The van der Waals surface area contributed by atoms with Crippen LogP contribution in [0, 0.1) is 0 Å². The van der Waals surface area contributed by atoms with Gasteiger partial charge >= 0.3 is 0 Å². The normalized spacial score (nSPS) is 22.8. The molecule has 0 radical (unpaired) electrons. The van der Waals surface area contributed by atoms with Gasteiger partial charge in [0.1, 0.15) is 5.75 Å². The molecule has 13 heavy (non-hydrogen) atoms.